The van der Waals surface area contributed by atoms with Gasteiger partial charge in [-0.3, -0.25) is 14.8 Å². The summed E-state index contributed by atoms with van der Waals surface area (Å²) in [4.78, 5) is 22.3. The zero-order chi connectivity index (χ0) is 16.9. The topological polar surface area (TPSA) is 78.4 Å². The van der Waals surface area contributed by atoms with E-state index >= 15 is 0 Å². The molecule has 0 heterocycles. The Morgan fingerprint density at radius 1 is 1.09 bits per heavy atom. The number of rotatable bonds is 9. The second-order valence-corrected chi connectivity index (χ2v) is 5.34. The highest BCUT2D eigenvalue weighted by Crippen LogP contribution is 2.10. The van der Waals surface area contributed by atoms with Crippen LogP contribution in [0.4, 0.5) is 0 Å². The summed E-state index contributed by atoms with van der Waals surface area (Å²) in [5.41, 5.74) is 2.59. The zero-order valence-corrected chi connectivity index (χ0v) is 13.6. The Hall–Kier alpha value is -2.11. The molecule has 0 fully saturated rings. The first-order chi connectivity index (χ1) is 11.1. The van der Waals surface area contributed by atoms with Gasteiger partial charge in [0, 0.05) is 24.1 Å². The maximum Gasteiger partial charge on any atom is 0.243 e. The minimum atomic E-state index is -0.385. The van der Waals surface area contributed by atoms with Gasteiger partial charge >= 0.3 is 0 Å². The number of benzene rings is 1. The van der Waals surface area contributed by atoms with Gasteiger partial charge in [0.05, 0.1) is 0 Å². The fourth-order valence-electron chi connectivity index (χ4n) is 1.80. The van der Waals surface area contributed by atoms with E-state index in [9.17, 15) is 9.59 Å². The highest BCUT2D eigenvalue weighted by Gasteiger charge is 1.98. The number of halogens is 1. The van der Waals surface area contributed by atoms with Gasteiger partial charge in [-0.2, -0.15) is 0 Å². The van der Waals surface area contributed by atoms with E-state index in [1.807, 2.05) is 30.3 Å². The van der Waals surface area contributed by atoms with Crippen molar-refractivity contribution < 1.29 is 14.8 Å². The van der Waals surface area contributed by atoms with Gasteiger partial charge in [0.25, 0.3) is 0 Å². The quantitative estimate of drug-likeness (QED) is 0.213. The molecule has 0 aromatic heterocycles. The monoisotopic (exact) mass is 336 g/mol. The third-order valence-electron chi connectivity index (χ3n) is 3.02. The Morgan fingerprint density at radius 2 is 1.83 bits per heavy atom. The molecule has 0 bridgehead atoms. The standard InChI is InChI=1S/C17H21ClN2O3/c18-15-11-9-14(10-12-15)6-3-4-7-16(21)19-13-5-1-2-8-17(22)20-23/h3-4,6-7,9-12,23H,1-2,5,8,13H2,(H,19,21)(H,20,22)/b6-3+,7-4+. The van der Waals surface area contributed by atoms with Crippen LogP contribution in [0, 0.1) is 0 Å². The fourth-order valence-corrected chi connectivity index (χ4v) is 1.92. The van der Waals surface area contributed by atoms with Crippen molar-refractivity contribution in [2.24, 2.45) is 0 Å². The van der Waals surface area contributed by atoms with Crippen molar-refractivity contribution in [2.75, 3.05) is 6.54 Å². The SMILES string of the molecule is O=C(/C=C/C=C/c1ccc(Cl)cc1)NCCCCCC(=O)NO. The lowest BCUT2D eigenvalue weighted by molar-refractivity contribution is -0.129. The van der Waals surface area contributed by atoms with Crippen LogP contribution < -0.4 is 10.8 Å². The van der Waals surface area contributed by atoms with E-state index in [1.54, 1.807) is 17.6 Å². The molecule has 23 heavy (non-hydrogen) atoms. The normalized spacial score (nSPS) is 11.0. The third kappa shape index (κ3) is 9.50. The highest BCUT2D eigenvalue weighted by molar-refractivity contribution is 6.30. The van der Waals surface area contributed by atoms with Crippen LogP contribution in [-0.4, -0.2) is 23.6 Å². The molecule has 0 radical (unpaired) electrons. The number of amides is 2. The van der Waals surface area contributed by atoms with Crippen LogP contribution in [0.3, 0.4) is 0 Å². The van der Waals surface area contributed by atoms with E-state index in [1.165, 1.54) is 6.08 Å². The van der Waals surface area contributed by atoms with Crippen LogP contribution in [0.15, 0.2) is 42.5 Å². The first-order valence-corrected chi connectivity index (χ1v) is 7.80. The minimum Gasteiger partial charge on any atom is -0.353 e. The summed E-state index contributed by atoms with van der Waals surface area (Å²) in [7, 11) is 0. The number of hydrogen-bond donors (Lipinski definition) is 3. The number of hydrogen-bond acceptors (Lipinski definition) is 3. The second kappa shape index (κ2) is 11.5. The summed E-state index contributed by atoms with van der Waals surface area (Å²) in [6.07, 6.45) is 9.39. The van der Waals surface area contributed by atoms with Gasteiger partial charge in [-0.1, -0.05) is 48.4 Å². The summed E-state index contributed by atoms with van der Waals surface area (Å²) in [5.74, 6) is -0.539. The van der Waals surface area contributed by atoms with Gasteiger partial charge in [0.1, 0.15) is 0 Å². The largest absolute Gasteiger partial charge is 0.353 e. The second-order valence-electron chi connectivity index (χ2n) is 4.91. The average Bonchev–Trinajstić information content (AvgIpc) is 2.56. The van der Waals surface area contributed by atoms with E-state index in [2.05, 4.69) is 5.32 Å². The summed E-state index contributed by atoms with van der Waals surface area (Å²) < 4.78 is 0. The summed E-state index contributed by atoms with van der Waals surface area (Å²) >= 11 is 5.80. The molecule has 6 heteroatoms. The van der Waals surface area contributed by atoms with Crippen molar-refractivity contribution in [1.29, 1.82) is 0 Å². The molecule has 3 N–H and O–H groups in total. The number of carbonyl (C=O) groups is 2. The molecule has 2 amide bonds. The number of carbonyl (C=O) groups excluding carboxylic acids is 2. The Balaban J connectivity index is 2.13. The maximum absolute atomic E-state index is 11.5. The van der Waals surface area contributed by atoms with Crippen LogP contribution in [0.5, 0.6) is 0 Å². The molecule has 1 aromatic rings. The van der Waals surface area contributed by atoms with Crippen LogP contribution in [0.1, 0.15) is 31.2 Å². The molecule has 0 spiro atoms. The molecular weight excluding hydrogens is 316 g/mol. The maximum atomic E-state index is 11.5. The Kier molecular flexibility index (Phi) is 9.43. The highest BCUT2D eigenvalue weighted by atomic mass is 35.5. The third-order valence-corrected chi connectivity index (χ3v) is 3.27. The number of allylic oxidation sites excluding steroid dienone is 2. The minimum absolute atomic E-state index is 0.154. The molecular formula is C17H21ClN2O3. The van der Waals surface area contributed by atoms with Crippen LogP contribution in [0.2, 0.25) is 5.02 Å². The molecule has 0 aliphatic rings. The number of nitrogens with one attached hydrogen (secondary N) is 2. The van der Waals surface area contributed by atoms with E-state index in [0.29, 0.717) is 24.4 Å². The van der Waals surface area contributed by atoms with Crippen molar-refractivity contribution in [3.8, 4) is 0 Å². The summed E-state index contributed by atoms with van der Waals surface area (Å²) in [5, 5.41) is 11.8. The lowest BCUT2D eigenvalue weighted by Crippen LogP contribution is -2.22. The van der Waals surface area contributed by atoms with Gasteiger partial charge in [-0.25, -0.2) is 5.48 Å². The molecule has 0 saturated heterocycles. The van der Waals surface area contributed by atoms with Crippen molar-refractivity contribution in [3.05, 3.63) is 53.1 Å². The Bertz CT molecular complexity index is 553. The van der Waals surface area contributed by atoms with Crippen molar-refractivity contribution in [3.63, 3.8) is 0 Å². The molecule has 0 aliphatic heterocycles. The van der Waals surface area contributed by atoms with Gasteiger partial charge in [0.15, 0.2) is 0 Å². The van der Waals surface area contributed by atoms with E-state index < -0.39 is 0 Å². The van der Waals surface area contributed by atoms with E-state index in [0.717, 1.165) is 18.4 Å². The van der Waals surface area contributed by atoms with Crippen LogP contribution in [0.25, 0.3) is 6.08 Å². The summed E-state index contributed by atoms with van der Waals surface area (Å²) in [6.45, 7) is 0.560. The van der Waals surface area contributed by atoms with E-state index in [4.69, 9.17) is 16.8 Å². The smallest absolute Gasteiger partial charge is 0.243 e. The first-order valence-electron chi connectivity index (χ1n) is 7.43. The van der Waals surface area contributed by atoms with Crippen molar-refractivity contribution in [2.45, 2.75) is 25.7 Å². The number of unbranched alkanes of at least 4 members (excludes halogenated alkanes) is 2. The van der Waals surface area contributed by atoms with Gasteiger partial charge in [-0.05, 0) is 30.5 Å². The molecule has 0 unspecified atom stereocenters. The fraction of sp³-hybridized carbons (Fsp3) is 0.294. The average molecular weight is 337 g/mol. The molecule has 5 nitrogen and oxygen atoms in total. The van der Waals surface area contributed by atoms with E-state index in [-0.39, 0.29) is 11.8 Å². The van der Waals surface area contributed by atoms with Crippen LogP contribution in [-0.2, 0) is 9.59 Å². The van der Waals surface area contributed by atoms with Crippen molar-refractivity contribution >= 4 is 29.5 Å². The van der Waals surface area contributed by atoms with Crippen LogP contribution >= 0.6 is 11.6 Å². The summed E-state index contributed by atoms with van der Waals surface area (Å²) in [6, 6.07) is 7.40. The molecule has 124 valence electrons. The predicted octanol–water partition coefficient (Wildman–Crippen LogP) is 3.09. The van der Waals surface area contributed by atoms with Gasteiger partial charge < -0.3 is 5.32 Å². The number of hydroxylamine groups is 1. The zero-order valence-electron chi connectivity index (χ0n) is 12.8. The lowest BCUT2D eigenvalue weighted by atomic mass is 10.2. The lowest BCUT2D eigenvalue weighted by Gasteiger charge is -2.02. The van der Waals surface area contributed by atoms with Crippen molar-refractivity contribution in [1.82, 2.24) is 10.8 Å². The molecule has 0 atom stereocenters. The molecule has 0 aliphatic carbocycles. The molecule has 1 aromatic carbocycles. The Morgan fingerprint density at radius 3 is 2.52 bits per heavy atom. The molecule has 0 saturated carbocycles. The van der Waals surface area contributed by atoms with Gasteiger partial charge in [0.2, 0.25) is 11.8 Å². The first kappa shape index (κ1) is 18.9. The van der Waals surface area contributed by atoms with Gasteiger partial charge in [-0.15, -0.1) is 0 Å². The molecule has 1 rings (SSSR count). The Labute approximate surface area is 141 Å². The predicted molar refractivity (Wildman–Crippen MR) is 91.0 cm³/mol.